The molecule has 4 aromatic rings. The van der Waals surface area contributed by atoms with E-state index in [9.17, 15) is 19.8 Å². The molecular weight excluding hydrogens is 544 g/mol. The summed E-state index contributed by atoms with van der Waals surface area (Å²) in [5.41, 5.74) is 1.79. The molecule has 5 rings (SSSR count). The normalized spacial score (nSPS) is 14.1. The largest absolute Gasteiger partial charge is 0.506 e. The molecule has 11 heteroatoms. The molecule has 1 aliphatic rings. The molecule has 41 heavy (non-hydrogen) atoms. The lowest BCUT2D eigenvalue weighted by atomic mass is 10.1. The SMILES string of the molecule is CN1CCN(CCn2ccc(-c3ccc(C(=O)Nc4c(O)cccc4C(=O)Nc4ccc(Cl)cn4)cc3)c2O)CC1. The standard InChI is InChI=1S/C30H31ClN6O4/c1-35-13-15-36(16-14-35)17-18-37-12-11-23(30(37)41)20-5-7-21(8-6-20)28(39)34-27-24(3-2-4-25(27)38)29(40)33-26-10-9-22(31)19-32-26/h2-12,19,38,41H,13-18H2,1H3,(H,34,39)(H,32,33,40). The molecular formula is C30H31ClN6O4. The lowest BCUT2D eigenvalue weighted by Crippen LogP contribution is -2.45. The lowest BCUT2D eigenvalue weighted by Gasteiger charge is -2.32. The van der Waals surface area contributed by atoms with Crippen molar-refractivity contribution in [3.63, 3.8) is 0 Å². The van der Waals surface area contributed by atoms with Crippen LogP contribution in [-0.2, 0) is 6.54 Å². The van der Waals surface area contributed by atoms with Gasteiger partial charge in [-0.3, -0.25) is 14.5 Å². The number of halogens is 1. The van der Waals surface area contributed by atoms with E-state index in [1.54, 1.807) is 36.4 Å². The molecule has 0 spiro atoms. The van der Waals surface area contributed by atoms with E-state index in [-0.39, 0.29) is 28.7 Å². The van der Waals surface area contributed by atoms with Crippen LogP contribution in [0.1, 0.15) is 20.7 Å². The van der Waals surface area contributed by atoms with Crippen LogP contribution >= 0.6 is 11.6 Å². The number of pyridine rings is 1. The van der Waals surface area contributed by atoms with Gasteiger partial charge >= 0.3 is 0 Å². The molecule has 2 aromatic heterocycles. The molecule has 4 N–H and O–H groups in total. The molecule has 2 amide bonds. The highest BCUT2D eigenvalue weighted by Gasteiger charge is 2.19. The Labute approximate surface area is 242 Å². The number of anilines is 2. The van der Waals surface area contributed by atoms with Crippen molar-refractivity contribution < 1.29 is 19.8 Å². The number of piperazine rings is 1. The number of aromatic nitrogens is 2. The number of phenols is 1. The number of benzene rings is 2. The van der Waals surface area contributed by atoms with Gasteiger partial charge in [-0.2, -0.15) is 0 Å². The smallest absolute Gasteiger partial charge is 0.259 e. The van der Waals surface area contributed by atoms with Crippen LogP contribution in [-0.4, -0.2) is 81.1 Å². The number of para-hydroxylation sites is 1. The monoisotopic (exact) mass is 574 g/mol. The van der Waals surface area contributed by atoms with E-state index >= 15 is 0 Å². The third-order valence-corrected chi connectivity index (χ3v) is 7.36. The van der Waals surface area contributed by atoms with Crippen molar-refractivity contribution >= 4 is 34.9 Å². The Morgan fingerprint density at radius 1 is 0.902 bits per heavy atom. The number of phenolic OH excluding ortho intramolecular Hbond substituents is 1. The minimum atomic E-state index is -0.561. The second kappa shape index (κ2) is 12.4. The number of nitrogens with zero attached hydrogens (tertiary/aromatic N) is 4. The average Bonchev–Trinajstić information content (AvgIpc) is 3.34. The minimum absolute atomic E-state index is 0.0249. The molecule has 3 heterocycles. The molecule has 0 bridgehead atoms. The number of hydrogen-bond donors (Lipinski definition) is 4. The number of carbonyl (C=O) groups is 2. The lowest BCUT2D eigenvalue weighted by molar-refractivity contribution is 0.102. The van der Waals surface area contributed by atoms with Crippen LogP contribution in [0.3, 0.4) is 0 Å². The predicted octanol–water partition coefficient (Wildman–Crippen LogP) is 4.37. The zero-order valence-electron chi connectivity index (χ0n) is 22.5. The third kappa shape index (κ3) is 6.68. The first-order valence-electron chi connectivity index (χ1n) is 13.2. The highest BCUT2D eigenvalue weighted by molar-refractivity contribution is 6.30. The van der Waals surface area contributed by atoms with E-state index in [0.29, 0.717) is 22.7 Å². The van der Waals surface area contributed by atoms with Crippen molar-refractivity contribution in [3.8, 4) is 22.8 Å². The summed E-state index contributed by atoms with van der Waals surface area (Å²) in [7, 11) is 2.12. The zero-order valence-corrected chi connectivity index (χ0v) is 23.3. The van der Waals surface area contributed by atoms with Gasteiger partial charge in [0, 0.05) is 62.8 Å². The molecule has 0 radical (unpaired) electrons. The van der Waals surface area contributed by atoms with Crippen LogP contribution in [0.2, 0.25) is 5.02 Å². The second-order valence-electron chi connectivity index (χ2n) is 9.94. The van der Waals surface area contributed by atoms with E-state index < -0.39 is 11.8 Å². The molecule has 1 saturated heterocycles. The Balaban J connectivity index is 1.25. The number of aromatic hydroxyl groups is 2. The van der Waals surface area contributed by atoms with E-state index in [1.807, 2.05) is 16.8 Å². The number of likely N-dealkylation sites (N-methyl/N-ethyl adjacent to an activating group) is 1. The maximum absolute atomic E-state index is 13.1. The van der Waals surface area contributed by atoms with Crippen molar-refractivity contribution in [2.45, 2.75) is 6.54 Å². The quantitative estimate of drug-likeness (QED) is 0.231. The van der Waals surface area contributed by atoms with Gasteiger partial charge in [0.25, 0.3) is 11.8 Å². The number of rotatable bonds is 8. The fourth-order valence-corrected chi connectivity index (χ4v) is 4.78. The maximum Gasteiger partial charge on any atom is 0.259 e. The van der Waals surface area contributed by atoms with Gasteiger partial charge in [0.05, 0.1) is 16.3 Å². The molecule has 0 aliphatic carbocycles. The highest BCUT2D eigenvalue weighted by atomic mass is 35.5. The first-order chi connectivity index (χ1) is 19.8. The topological polar surface area (TPSA) is 123 Å². The Morgan fingerprint density at radius 3 is 2.37 bits per heavy atom. The molecule has 212 valence electrons. The Hall–Kier alpha value is -4.38. The zero-order chi connectivity index (χ0) is 28.9. The number of nitrogens with one attached hydrogen (secondary N) is 2. The number of carbonyl (C=O) groups excluding carboxylic acids is 2. The summed E-state index contributed by atoms with van der Waals surface area (Å²) in [5, 5.41) is 27.0. The van der Waals surface area contributed by atoms with Crippen molar-refractivity contribution in [1.29, 1.82) is 0 Å². The Kier molecular flexibility index (Phi) is 8.53. The predicted molar refractivity (Wildman–Crippen MR) is 159 cm³/mol. The average molecular weight is 575 g/mol. The first-order valence-corrected chi connectivity index (χ1v) is 13.6. The molecule has 0 saturated carbocycles. The maximum atomic E-state index is 13.1. The molecule has 0 unspecified atom stereocenters. The van der Waals surface area contributed by atoms with Gasteiger partial charge < -0.3 is 30.3 Å². The van der Waals surface area contributed by atoms with Crippen LogP contribution in [0.25, 0.3) is 11.1 Å². The summed E-state index contributed by atoms with van der Waals surface area (Å²) < 4.78 is 1.83. The van der Waals surface area contributed by atoms with E-state index in [0.717, 1.165) is 38.3 Å². The van der Waals surface area contributed by atoms with E-state index in [2.05, 4.69) is 32.5 Å². The van der Waals surface area contributed by atoms with Crippen LogP contribution in [0.15, 0.2) is 73.1 Å². The highest BCUT2D eigenvalue weighted by Crippen LogP contribution is 2.32. The van der Waals surface area contributed by atoms with E-state index in [1.165, 1.54) is 24.4 Å². The van der Waals surface area contributed by atoms with Gasteiger partial charge in [0.2, 0.25) is 0 Å². The summed E-state index contributed by atoms with van der Waals surface area (Å²) in [4.78, 5) is 34.7. The summed E-state index contributed by atoms with van der Waals surface area (Å²) in [6.45, 7) is 5.66. The van der Waals surface area contributed by atoms with Crippen molar-refractivity contribution in [3.05, 3.63) is 89.2 Å². The number of hydrogen-bond acceptors (Lipinski definition) is 7. The van der Waals surface area contributed by atoms with Crippen LogP contribution in [0.5, 0.6) is 11.6 Å². The molecule has 10 nitrogen and oxygen atoms in total. The Bertz CT molecular complexity index is 1530. The van der Waals surface area contributed by atoms with Crippen molar-refractivity contribution in [1.82, 2.24) is 19.4 Å². The van der Waals surface area contributed by atoms with Gasteiger partial charge in [0.1, 0.15) is 11.6 Å². The summed E-state index contributed by atoms with van der Waals surface area (Å²) in [6.07, 6.45) is 3.26. The van der Waals surface area contributed by atoms with Crippen LogP contribution in [0.4, 0.5) is 11.5 Å². The minimum Gasteiger partial charge on any atom is -0.506 e. The van der Waals surface area contributed by atoms with E-state index in [4.69, 9.17) is 11.6 Å². The van der Waals surface area contributed by atoms with Crippen molar-refractivity contribution in [2.24, 2.45) is 0 Å². The van der Waals surface area contributed by atoms with Gasteiger partial charge in [-0.15, -0.1) is 0 Å². The molecule has 1 aliphatic heterocycles. The van der Waals surface area contributed by atoms with Gasteiger partial charge in [-0.25, -0.2) is 4.98 Å². The number of amides is 2. The second-order valence-corrected chi connectivity index (χ2v) is 10.4. The molecule has 1 fully saturated rings. The van der Waals surface area contributed by atoms with Gasteiger partial charge in [-0.05, 0) is 55.1 Å². The molecule has 0 atom stereocenters. The summed E-state index contributed by atoms with van der Waals surface area (Å²) in [5.74, 6) is -0.877. The van der Waals surface area contributed by atoms with Crippen LogP contribution in [0, 0.1) is 0 Å². The van der Waals surface area contributed by atoms with Crippen LogP contribution < -0.4 is 10.6 Å². The molecule has 2 aromatic carbocycles. The third-order valence-electron chi connectivity index (χ3n) is 7.14. The van der Waals surface area contributed by atoms with Gasteiger partial charge in [0.15, 0.2) is 5.88 Å². The summed E-state index contributed by atoms with van der Waals surface area (Å²) >= 11 is 5.85. The summed E-state index contributed by atoms with van der Waals surface area (Å²) in [6, 6.07) is 16.1. The fraction of sp³-hybridized carbons (Fsp3) is 0.233. The van der Waals surface area contributed by atoms with Gasteiger partial charge in [-0.1, -0.05) is 29.8 Å². The Morgan fingerprint density at radius 2 is 1.66 bits per heavy atom. The van der Waals surface area contributed by atoms with Crippen molar-refractivity contribution in [2.75, 3.05) is 50.4 Å². The first kappa shape index (κ1) is 28.2. The fourth-order valence-electron chi connectivity index (χ4n) is 4.67.